The molecular formula is C10H23N2+. The van der Waals surface area contributed by atoms with Gasteiger partial charge >= 0.3 is 0 Å². The first-order chi connectivity index (χ1) is 5.56. The van der Waals surface area contributed by atoms with E-state index in [0.29, 0.717) is 4.59 Å². The van der Waals surface area contributed by atoms with Crippen molar-refractivity contribution in [1.29, 1.82) is 0 Å². The SMILES string of the molecule is CCCCCC/C=N/[N+](C)(C)C. The molecule has 0 unspecified atom stereocenters. The molecule has 0 aromatic rings. The molecule has 0 saturated carbocycles. The molecule has 0 bridgehead atoms. The minimum Gasteiger partial charge on any atom is -0.205 e. The van der Waals surface area contributed by atoms with Gasteiger partial charge in [0.25, 0.3) is 0 Å². The van der Waals surface area contributed by atoms with Crippen molar-refractivity contribution in [2.24, 2.45) is 5.10 Å². The van der Waals surface area contributed by atoms with Gasteiger partial charge in [0, 0.05) is 0 Å². The second-order valence-corrected chi connectivity index (χ2v) is 4.09. The molecule has 0 aliphatic rings. The Morgan fingerprint density at radius 2 is 1.75 bits per heavy atom. The van der Waals surface area contributed by atoms with Crippen molar-refractivity contribution in [2.75, 3.05) is 21.1 Å². The van der Waals surface area contributed by atoms with Crippen LogP contribution in [0.3, 0.4) is 0 Å². The number of rotatable bonds is 6. The van der Waals surface area contributed by atoms with Gasteiger partial charge in [0.1, 0.15) is 0 Å². The zero-order valence-corrected chi connectivity index (χ0v) is 9.01. The summed E-state index contributed by atoms with van der Waals surface area (Å²) < 4.78 is 0.688. The molecule has 12 heavy (non-hydrogen) atoms. The van der Waals surface area contributed by atoms with Crippen LogP contribution in [-0.4, -0.2) is 31.9 Å². The normalized spacial score (nSPS) is 12.7. The third-order valence-corrected chi connectivity index (χ3v) is 1.61. The molecule has 0 radical (unpaired) electrons. The van der Waals surface area contributed by atoms with E-state index in [2.05, 4.69) is 39.4 Å². The molecule has 0 rings (SSSR count). The van der Waals surface area contributed by atoms with Crippen molar-refractivity contribution in [1.82, 2.24) is 0 Å². The minimum absolute atomic E-state index is 0.688. The molecule has 0 fully saturated rings. The molecule has 0 saturated heterocycles. The van der Waals surface area contributed by atoms with Crippen molar-refractivity contribution < 1.29 is 4.59 Å². The van der Waals surface area contributed by atoms with Crippen LogP contribution in [-0.2, 0) is 0 Å². The van der Waals surface area contributed by atoms with Gasteiger partial charge in [-0.25, -0.2) is 4.59 Å². The highest BCUT2D eigenvalue weighted by Crippen LogP contribution is 2.01. The fourth-order valence-electron chi connectivity index (χ4n) is 0.965. The smallest absolute Gasteiger partial charge is 0.0923 e. The molecule has 2 nitrogen and oxygen atoms in total. The van der Waals surface area contributed by atoms with Gasteiger partial charge in [-0.1, -0.05) is 31.3 Å². The molecule has 0 N–H and O–H groups in total. The summed E-state index contributed by atoms with van der Waals surface area (Å²) in [5.41, 5.74) is 0. The van der Waals surface area contributed by atoms with E-state index in [9.17, 15) is 0 Å². The average Bonchev–Trinajstić information content (AvgIpc) is 1.94. The highest BCUT2D eigenvalue weighted by atomic mass is 15.6. The number of nitrogens with zero attached hydrogens (tertiary/aromatic N) is 2. The average molecular weight is 171 g/mol. The van der Waals surface area contributed by atoms with E-state index in [1.54, 1.807) is 0 Å². The summed E-state index contributed by atoms with van der Waals surface area (Å²) in [5.74, 6) is 0. The van der Waals surface area contributed by atoms with Crippen molar-refractivity contribution >= 4 is 6.21 Å². The van der Waals surface area contributed by atoms with Crippen molar-refractivity contribution in [3.8, 4) is 0 Å². The maximum absolute atomic E-state index is 4.37. The fourth-order valence-corrected chi connectivity index (χ4v) is 0.965. The molecule has 0 aromatic carbocycles. The van der Waals surface area contributed by atoms with Crippen molar-refractivity contribution in [3.63, 3.8) is 0 Å². The van der Waals surface area contributed by atoms with Crippen molar-refractivity contribution in [3.05, 3.63) is 0 Å². The summed E-state index contributed by atoms with van der Waals surface area (Å²) in [6, 6.07) is 0. The van der Waals surface area contributed by atoms with Crippen LogP contribution in [0.25, 0.3) is 0 Å². The van der Waals surface area contributed by atoms with Crippen molar-refractivity contribution in [2.45, 2.75) is 39.0 Å². The first-order valence-corrected chi connectivity index (χ1v) is 4.92. The summed E-state index contributed by atoms with van der Waals surface area (Å²) in [6.07, 6.45) is 8.49. The van der Waals surface area contributed by atoms with E-state index < -0.39 is 0 Å². The lowest BCUT2D eigenvalue weighted by Crippen LogP contribution is -2.27. The molecule has 0 aliphatic heterocycles. The second kappa shape index (κ2) is 6.18. The topological polar surface area (TPSA) is 12.4 Å². The summed E-state index contributed by atoms with van der Waals surface area (Å²) in [6.45, 7) is 2.24. The predicted octanol–water partition coefficient (Wildman–Crippen LogP) is 2.65. The van der Waals surface area contributed by atoms with Gasteiger partial charge in [0.15, 0.2) is 0 Å². The van der Waals surface area contributed by atoms with Gasteiger partial charge in [-0.2, -0.15) is 0 Å². The standard InChI is InChI=1S/C10H23N2/c1-5-6-7-8-9-10-11-12(2,3)4/h10H,5-9H2,1-4H3/q+1/b11-10+. The monoisotopic (exact) mass is 171 g/mol. The Bertz CT molecular complexity index is 122. The third-order valence-electron chi connectivity index (χ3n) is 1.61. The van der Waals surface area contributed by atoms with Gasteiger partial charge in [-0.05, 0) is 12.8 Å². The first kappa shape index (κ1) is 11.6. The lowest BCUT2D eigenvalue weighted by molar-refractivity contribution is -0.876. The van der Waals surface area contributed by atoms with Crippen LogP contribution in [0.5, 0.6) is 0 Å². The highest BCUT2D eigenvalue weighted by molar-refractivity contribution is 5.55. The molecule has 0 spiro atoms. The Labute approximate surface area is 76.9 Å². The minimum atomic E-state index is 0.688. The van der Waals surface area contributed by atoms with E-state index in [1.807, 2.05) is 0 Å². The molecule has 0 heterocycles. The zero-order chi connectivity index (χ0) is 9.45. The number of hydrogen-bond donors (Lipinski definition) is 0. The Balaban J connectivity index is 3.25. The quantitative estimate of drug-likeness (QED) is 0.252. The van der Waals surface area contributed by atoms with E-state index in [4.69, 9.17) is 0 Å². The summed E-state index contributed by atoms with van der Waals surface area (Å²) >= 11 is 0. The summed E-state index contributed by atoms with van der Waals surface area (Å²) in [5, 5.41) is 4.37. The maximum Gasteiger partial charge on any atom is 0.0923 e. The Hall–Kier alpha value is -0.370. The van der Waals surface area contributed by atoms with Crippen LogP contribution >= 0.6 is 0 Å². The van der Waals surface area contributed by atoms with Gasteiger partial charge in [-0.15, -0.1) is 0 Å². The largest absolute Gasteiger partial charge is 0.205 e. The molecule has 0 aliphatic carbocycles. The van der Waals surface area contributed by atoms with Crippen LogP contribution in [0.15, 0.2) is 5.10 Å². The van der Waals surface area contributed by atoms with Crippen LogP contribution in [0, 0.1) is 0 Å². The third kappa shape index (κ3) is 9.63. The Morgan fingerprint density at radius 1 is 1.08 bits per heavy atom. The lowest BCUT2D eigenvalue weighted by atomic mass is 10.2. The van der Waals surface area contributed by atoms with E-state index in [1.165, 1.54) is 25.7 Å². The fraction of sp³-hybridized carbons (Fsp3) is 0.900. The predicted molar refractivity (Wildman–Crippen MR) is 55.3 cm³/mol. The van der Waals surface area contributed by atoms with E-state index >= 15 is 0 Å². The van der Waals surface area contributed by atoms with Gasteiger partial charge in [0.05, 0.1) is 27.4 Å². The number of unbranched alkanes of at least 4 members (excludes halogenated alkanes) is 4. The second-order valence-electron chi connectivity index (χ2n) is 4.09. The van der Waals surface area contributed by atoms with Gasteiger partial charge in [0.2, 0.25) is 0 Å². The number of quaternary nitrogens is 1. The summed E-state index contributed by atoms with van der Waals surface area (Å²) in [4.78, 5) is 0. The molecule has 72 valence electrons. The number of hydrogen-bond acceptors (Lipinski definition) is 1. The van der Waals surface area contributed by atoms with Crippen LogP contribution in [0.2, 0.25) is 0 Å². The van der Waals surface area contributed by atoms with Gasteiger partial charge in [-0.3, -0.25) is 0 Å². The first-order valence-electron chi connectivity index (χ1n) is 4.92. The van der Waals surface area contributed by atoms with E-state index in [-0.39, 0.29) is 0 Å². The van der Waals surface area contributed by atoms with Crippen LogP contribution in [0.1, 0.15) is 39.0 Å². The molecule has 0 amide bonds. The molecule has 0 atom stereocenters. The Morgan fingerprint density at radius 3 is 2.25 bits per heavy atom. The lowest BCUT2D eigenvalue weighted by Gasteiger charge is -2.14. The van der Waals surface area contributed by atoms with Crippen LogP contribution < -0.4 is 0 Å². The zero-order valence-electron chi connectivity index (χ0n) is 9.01. The maximum atomic E-state index is 4.37. The molecular weight excluding hydrogens is 148 g/mol. The Kier molecular flexibility index (Phi) is 5.99. The van der Waals surface area contributed by atoms with E-state index in [0.717, 1.165) is 6.42 Å². The molecule has 2 heteroatoms. The van der Waals surface area contributed by atoms with Gasteiger partial charge < -0.3 is 0 Å². The molecule has 0 aromatic heterocycles. The van der Waals surface area contributed by atoms with Crippen LogP contribution in [0.4, 0.5) is 0 Å². The summed E-state index contributed by atoms with van der Waals surface area (Å²) in [7, 11) is 6.22. The highest BCUT2D eigenvalue weighted by Gasteiger charge is 1.99.